The molecule has 2 nitrogen and oxygen atoms in total. The predicted molar refractivity (Wildman–Crippen MR) is 58.4 cm³/mol. The minimum absolute atomic E-state index is 0. The van der Waals surface area contributed by atoms with E-state index in [2.05, 4.69) is 15.9 Å². The Hall–Kier alpha value is -0.320. The summed E-state index contributed by atoms with van der Waals surface area (Å²) in [6, 6.07) is 3.04. The first-order valence-corrected chi connectivity index (χ1v) is 4.85. The topological polar surface area (TPSA) is 35.2 Å². The van der Waals surface area contributed by atoms with Gasteiger partial charge in [-0.05, 0) is 22.0 Å². The molecule has 0 amide bonds. The van der Waals surface area contributed by atoms with Crippen molar-refractivity contribution in [3.8, 4) is 5.75 Å². The van der Waals surface area contributed by atoms with Gasteiger partial charge in [0.1, 0.15) is 11.6 Å². The molecule has 0 saturated heterocycles. The van der Waals surface area contributed by atoms with Gasteiger partial charge in [-0.25, -0.2) is 4.39 Å². The van der Waals surface area contributed by atoms with Crippen LogP contribution in [0, 0.1) is 5.82 Å². The van der Waals surface area contributed by atoms with Crippen LogP contribution in [-0.2, 0) is 0 Å². The molecule has 1 aromatic carbocycles. The fraction of sp³-hybridized carbons (Fsp3) is 0.333. The molecule has 2 rings (SSSR count). The molecule has 14 heavy (non-hydrogen) atoms. The van der Waals surface area contributed by atoms with E-state index < -0.39 is 0 Å². The lowest BCUT2D eigenvalue weighted by Gasteiger charge is -2.23. The maximum absolute atomic E-state index is 13.1. The molecule has 1 heterocycles. The van der Waals surface area contributed by atoms with Crippen LogP contribution in [0.5, 0.6) is 5.75 Å². The molecule has 0 unspecified atom stereocenters. The molecule has 1 aliphatic heterocycles. The van der Waals surface area contributed by atoms with Crippen LogP contribution >= 0.6 is 28.3 Å². The lowest BCUT2D eigenvalue weighted by Crippen LogP contribution is -2.21. The Labute approximate surface area is 96.2 Å². The van der Waals surface area contributed by atoms with Gasteiger partial charge in [-0.3, -0.25) is 0 Å². The SMILES string of the molecule is Cl.N[C@H]1CCOc2c1ccc(F)c2Br. The Morgan fingerprint density at radius 2 is 2.21 bits per heavy atom. The molecule has 5 heteroatoms. The highest BCUT2D eigenvalue weighted by molar-refractivity contribution is 9.10. The number of hydrogen-bond acceptors (Lipinski definition) is 2. The van der Waals surface area contributed by atoms with Crippen molar-refractivity contribution in [1.82, 2.24) is 0 Å². The molecular weight excluding hydrogens is 272 g/mol. The third-order valence-corrected chi connectivity index (χ3v) is 2.89. The van der Waals surface area contributed by atoms with Crippen molar-refractivity contribution in [2.24, 2.45) is 5.73 Å². The molecule has 2 N–H and O–H groups in total. The van der Waals surface area contributed by atoms with Crippen LogP contribution in [0.1, 0.15) is 18.0 Å². The monoisotopic (exact) mass is 281 g/mol. The summed E-state index contributed by atoms with van der Waals surface area (Å²) in [7, 11) is 0. The molecule has 78 valence electrons. The number of ether oxygens (including phenoxy) is 1. The van der Waals surface area contributed by atoms with Gasteiger partial charge in [-0.1, -0.05) is 6.07 Å². The number of hydrogen-bond donors (Lipinski definition) is 1. The number of benzene rings is 1. The highest BCUT2D eigenvalue weighted by Gasteiger charge is 2.21. The van der Waals surface area contributed by atoms with Gasteiger partial charge in [-0.2, -0.15) is 0 Å². The first kappa shape index (κ1) is 11.8. The summed E-state index contributed by atoms with van der Waals surface area (Å²) in [4.78, 5) is 0. The zero-order valence-corrected chi connectivity index (χ0v) is 9.70. The highest BCUT2D eigenvalue weighted by atomic mass is 79.9. The standard InChI is InChI=1S/C9H9BrFNO.ClH/c10-8-6(11)2-1-5-7(12)3-4-13-9(5)8;/h1-2,7H,3-4,12H2;1H/t7-;/m0./s1. The Balaban J connectivity index is 0.000000980. The van der Waals surface area contributed by atoms with Gasteiger partial charge in [-0.15, -0.1) is 12.4 Å². The van der Waals surface area contributed by atoms with E-state index in [0.717, 1.165) is 12.0 Å². The highest BCUT2D eigenvalue weighted by Crippen LogP contribution is 2.38. The van der Waals surface area contributed by atoms with Gasteiger partial charge in [0, 0.05) is 18.0 Å². The zero-order valence-electron chi connectivity index (χ0n) is 7.30. The Morgan fingerprint density at radius 1 is 1.50 bits per heavy atom. The van der Waals surface area contributed by atoms with Crippen molar-refractivity contribution in [2.75, 3.05) is 6.61 Å². The number of rotatable bonds is 0. The summed E-state index contributed by atoms with van der Waals surface area (Å²) in [6.45, 7) is 0.552. The van der Waals surface area contributed by atoms with E-state index in [-0.39, 0.29) is 24.3 Å². The number of fused-ring (bicyclic) bond motifs is 1. The second-order valence-electron chi connectivity index (χ2n) is 3.02. The summed E-state index contributed by atoms with van der Waals surface area (Å²) in [5.41, 5.74) is 6.72. The molecular formula is C9H10BrClFNO. The van der Waals surface area contributed by atoms with Crippen molar-refractivity contribution in [1.29, 1.82) is 0 Å². The fourth-order valence-corrected chi connectivity index (χ4v) is 1.90. The molecule has 0 aromatic heterocycles. The smallest absolute Gasteiger partial charge is 0.141 e. The zero-order chi connectivity index (χ0) is 9.42. The van der Waals surface area contributed by atoms with Crippen LogP contribution < -0.4 is 10.5 Å². The van der Waals surface area contributed by atoms with Crippen molar-refractivity contribution in [3.05, 3.63) is 28.0 Å². The average Bonchev–Trinajstić information content (AvgIpc) is 2.12. The molecule has 1 atom stereocenters. The third-order valence-electron chi connectivity index (χ3n) is 2.16. The van der Waals surface area contributed by atoms with E-state index >= 15 is 0 Å². The summed E-state index contributed by atoms with van der Waals surface area (Å²) in [5.74, 6) is 0.242. The first-order chi connectivity index (χ1) is 6.20. The molecule has 0 saturated carbocycles. The number of nitrogens with two attached hydrogens (primary N) is 1. The van der Waals surface area contributed by atoms with Gasteiger partial charge < -0.3 is 10.5 Å². The van der Waals surface area contributed by atoms with E-state index in [0.29, 0.717) is 16.8 Å². The van der Waals surface area contributed by atoms with Crippen molar-refractivity contribution >= 4 is 28.3 Å². The molecule has 0 radical (unpaired) electrons. The van der Waals surface area contributed by atoms with Crippen LogP contribution in [0.4, 0.5) is 4.39 Å². The summed E-state index contributed by atoms with van der Waals surface area (Å²) < 4.78 is 18.8. The van der Waals surface area contributed by atoms with Crippen LogP contribution in [0.25, 0.3) is 0 Å². The molecule has 1 aliphatic rings. The molecule has 0 fully saturated rings. The van der Waals surface area contributed by atoms with Gasteiger partial charge in [0.2, 0.25) is 0 Å². The van der Waals surface area contributed by atoms with Crippen LogP contribution in [0.2, 0.25) is 0 Å². The normalized spacial score (nSPS) is 19.2. The molecule has 0 aliphatic carbocycles. The fourth-order valence-electron chi connectivity index (χ4n) is 1.43. The lowest BCUT2D eigenvalue weighted by atomic mass is 10.0. The van der Waals surface area contributed by atoms with E-state index in [9.17, 15) is 4.39 Å². The average molecular weight is 283 g/mol. The first-order valence-electron chi connectivity index (χ1n) is 4.06. The van der Waals surface area contributed by atoms with Crippen LogP contribution in [0.15, 0.2) is 16.6 Å². The summed E-state index contributed by atoms with van der Waals surface area (Å²) in [5, 5.41) is 0. The maximum Gasteiger partial charge on any atom is 0.141 e. The van der Waals surface area contributed by atoms with Crippen molar-refractivity contribution < 1.29 is 9.13 Å². The van der Waals surface area contributed by atoms with Crippen LogP contribution in [0.3, 0.4) is 0 Å². The van der Waals surface area contributed by atoms with Gasteiger partial charge >= 0.3 is 0 Å². The minimum Gasteiger partial charge on any atom is -0.492 e. The van der Waals surface area contributed by atoms with Gasteiger partial charge in [0.15, 0.2) is 0 Å². The molecule has 0 spiro atoms. The second-order valence-corrected chi connectivity index (χ2v) is 3.82. The maximum atomic E-state index is 13.1. The largest absolute Gasteiger partial charge is 0.492 e. The third kappa shape index (κ3) is 1.87. The minimum atomic E-state index is -0.312. The Bertz CT molecular complexity index is 348. The molecule has 0 bridgehead atoms. The van der Waals surface area contributed by atoms with Crippen molar-refractivity contribution in [3.63, 3.8) is 0 Å². The van der Waals surface area contributed by atoms with Crippen LogP contribution in [-0.4, -0.2) is 6.61 Å². The summed E-state index contributed by atoms with van der Waals surface area (Å²) in [6.07, 6.45) is 0.783. The lowest BCUT2D eigenvalue weighted by molar-refractivity contribution is 0.265. The van der Waals surface area contributed by atoms with E-state index in [1.165, 1.54) is 6.07 Å². The molecule has 1 aromatic rings. The second kappa shape index (κ2) is 4.47. The number of halogens is 3. The van der Waals surface area contributed by atoms with Crippen molar-refractivity contribution in [2.45, 2.75) is 12.5 Å². The summed E-state index contributed by atoms with van der Waals surface area (Å²) >= 11 is 3.14. The Kier molecular flexibility index (Phi) is 3.75. The van der Waals surface area contributed by atoms with Gasteiger partial charge in [0.25, 0.3) is 0 Å². The quantitative estimate of drug-likeness (QED) is 0.794. The van der Waals surface area contributed by atoms with E-state index in [4.69, 9.17) is 10.5 Å². The van der Waals surface area contributed by atoms with E-state index in [1.54, 1.807) is 6.07 Å². The van der Waals surface area contributed by atoms with Gasteiger partial charge in [0.05, 0.1) is 11.1 Å². The Morgan fingerprint density at radius 3 is 2.93 bits per heavy atom. The predicted octanol–water partition coefficient (Wildman–Crippen LogP) is 2.79. The van der Waals surface area contributed by atoms with E-state index in [1.807, 2.05) is 0 Å².